The molecule has 0 amide bonds. The molecule has 0 radical (unpaired) electrons. The van der Waals surface area contributed by atoms with Gasteiger partial charge in [-0.3, -0.25) is 4.79 Å². The predicted octanol–water partition coefficient (Wildman–Crippen LogP) is 1.88. The Balaban J connectivity index is 2.00. The number of fused-ring (bicyclic) bond motifs is 1. The lowest BCUT2D eigenvalue weighted by Crippen LogP contribution is -2.47. The van der Waals surface area contributed by atoms with Crippen molar-refractivity contribution in [1.29, 1.82) is 0 Å². The largest absolute Gasteiger partial charge is 0.460 e. The Morgan fingerprint density at radius 1 is 1.33 bits per heavy atom. The maximum absolute atomic E-state index is 12.0. The van der Waals surface area contributed by atoms with E-state index in [-0.39, 0.29) is 23.4 Å². The van der Waals surface area contributed by atoms with Gasteiger partial charge in [-0.25, -0.2) is 0 Å². The van der Waals surface area contributed by atoms with Gasteiger partial charge in [0.1, 0.15) is 5.60 Å². The molecule has 0 spiro atoms. The van der Waals surface area contributed by atoms with Gasteiger partial charge in [0.05, 0.1) is 5.41 Å². The SMILES string of the molecule is CC(C)(C)OC(=O)C12CCC(CO)(C1)C2. The van der Waals surface area contributed by atoms with Gasteiger partial charge in [-0.15, -0.1) is 0 Å². The number of hydrogen-bond acceptors (Lipinski definition) is 3. The van der Waals surface area contributed by atoms with Crippen LogP contribution in [0.1, 0.15) is 46.5 Å². The van der Waals surface area contributed by atoms with E-state index in [9.17, 15) is 9.90 Å². The monoisotopic (exact) mass is 212 g/mol. The number of ether oxygens (including phenoxy) is 1. The third kappa shape index (κ3) is 1.67. The average Bonchev–Trinajstić information content (AvgIpc) is 2.54. The van der Waals surface area contributed by atoms with Gasteiger partial charge in [-0.2, -0.15) is 0 Å². The van der Waals surface area contributed by atoms with Crippen LogP contribution in [0.5, 0.6) is 0 Å². The summed E-state index contributed by atoms with van der Waals surface area (Å²) in [6.45, 7) is 5.91. The second-order valence-corrected chi connectivity index (χ2v) is 6.29. The molecule has 0 aliphatic heterocycles. The normalized spacial score (nSPS) is 38.7. The molecule has 3 aliphatic rings. The van der Waals surface area contributed by atoms with Gasteiger partial charge >= 0.3 is 5.97 Å². The highest BCUT2D eigenvalue weighted by atomic mass is 16.6. The van der Waals surface area contributed by atoms with E-state index < -0.39 is 5.60 Å². The van der Waals surface area contributed by atoms with Crippen LogP contribution in [0, 0.1) is 10.8 Å². The summed E-state index contributed by atoms with van der Waals surface area (Å²) < 4.78 is 5.43. The minimum atomic E-state index is -0.397. The van der Waals surface area contributed by atoms with E-state index in [1.807, 2.05) is 20.8 Å². The number of carbonyl (C=O) groups excluding carboxylic acids is 1. The Hall–Kier alpha value is -0.570. The number of carbonyl (C=O) groups is 1. The van der Waals surface area contributed by atoms with E-state index in [0.29, 0.717) is 0 Å². The minimum absolute atomic E-state index is 0.0525. The van der Waals surface area contributed by atoms with Crippen LogP contribution >= 0.6 is 0 Å². The van der Waals surface area contributed by atoms with Crippen molar-refractivity contribution in [2.75, 3.05) is 6.61 Å². The van der Waals surface area contributed by atoms with E-state index in [4.69, 9.17) is 4.74 Å². The molecule has 15 heavy (non-hydrogen) atoms. The average molecular weight is 212 g/mol. The Morgan fingerprint density at radius 2 is 1.93 bits per heavy atom. The summed E-state index contributed by atoms with van der Waals surface area (Å²) >= 11 is 0. The Kier molecular flexibility index (Phi) is 2.16. The van der Waals surface area contributed by atoms with E-state index in [2.05, 4.69) is 0 Å². The van der Waals surface area contributed by atoms with Gasteiger partial charge in [-0.1, -0.05) is 0 Å². The third-order valence-electron chi connectivity index (χ3n) is 3.73. The minimum Gasteiger partial charge on any atom is -0.460 e. The lowest BCUT2D eigenvalue weighted by molar-refractivity contribution is -0.177. The first kappa shape index (κ1) is 10.9. The van der Waals surface area contributed by atoms with E-state index in [1.165, 1.54) is 0 Å². The number of hydrogen-bond donors (Lipinski definition) is 1. The van der Waals surface area contributed by atoms with Crippen LogP contribution in [0.4, 0.5) is 0 Å². The first-order chi connectivity index (χ1) is 6.81. The molecule has 86 valence electrons. The summed E-state index contributed by atoms with van der Waals surface area (Å²) in [4.78, 5) is 12.0. The first-order valence-corrected chi connectivity index (χ1v) is 5.65. The molecule has 2 bridgehead atoms. The molecule has 0 atom stereocenters. The highest BCUT2D eigenvalue weighted by Gasteiger charge is 2.65. The Labute approximate surface area is 90.8 Å². The fourth-order valence-corrected chi connectivity index (χ4v) is 3.07. The summed E-state index contributed by atoms with van der Waals surface area (Å²) in [5.74, 6) is -0.0587. The number of esters is 1. The lowest BCUT2D eigenvalue weighted by atomic mass is 9.60. The molecule has 3 saturated carbocycles. The van der Waals surface area contributed by atoms with Crippen LogP contribution in [-0.2, 0) is 9.53 Å². The summed E-state index contributed by atoms with van der Waals surface area (Å²) in [6.07, 6.45) is 3.52. The molecular formula is C12H20O3. The summed E-state index contributed by atoms with van der Waals surface area (Å²) in [7, 11) is 0. The second kappa shape index (κ2) is 2.97. The smallest absolute Gasteiger partial charge is 0.312 e. The fourth-order valence-electron chi connectivity index (χ4n) is 3.07. The van der Waals surface area contributed by atoms with Crippen molar-refractivity contribution < 1.29 is 14.6 Å². The fraction of sp³-hybridized carbons (Fsp3) is 0.917. The molecule has 3 heteroatoms. The summed E-state index contributed by atoms with van der Waals surface area (Å²) in [5.41, 5.74) is -0.598. The molecule has 0 unspecified atom stereocenters. The van der Waals surface area contributed by atoms with E-state index >= 15 is 0 Å². The zero-order chi connectivity index (χ0) is 11.3. The number of aliphatic hydroxyl groups excluding tert-OH is 1. The molecule has 0 aromatic heterocycles. The van der Waals surface area contributed by atoms with Crippen LogP contribution in [-0.4, -0.2) is 23.3 Å². The molecule has 3 aliphatic carbocycles. The topological polar surface area (TPSA) is 46.5 Å². The van der Waals surface area contributed by atoms with E-state index in [0.717, 1.165) is 25.7 Å². The summed E-state index contributed by atoms with van der Waals surface area (Å²) in [5, 5.41) is 9.24. The third-order valence-corrected chi connectivity index (χ3v) is 3.73. The Bertz CT molecular complexity index is 282. The molecule has 1 N–H and O–H groups in total. The standard InChI is InChI=1S/C12H20O3/c1-10(2,3)15-9(14)12-5-4-11(6-12,7-12)8-13/h13H,4-8H2,1-3H3. The Morgan fingerprint density at radius 3 is 2.33 bits per heavy atom. The maximum atomic E-state index is 12.0. The highest BCUT2D eigenvalue weighted by Crippen LogP contribution is 2.67. The molecular weight excluding hydrogens is 192 g/mol. The first-order valence-electron chi connectivity index (χ1n) is 5.65. The van der Waals surface area contributed by atoms with Crippen molar-refractivity contribution in [2.45, 2.75) is 52.1 Å². The molecule has 0 aromatic rings. The van der Waals surface area contributed by atoms with Crippen molar-refractivity contribution in [3.63, 3.8) is 0 Å². The molecule has 0 aromatic carbocycles. The van der Waals surface area contributed by atoms with Crippen molar-refractivity contribution in [2.24, 2.45) is 10.8 Å². The molecule has 3 nitrogen and oxygen atoms in total. The zero-order valence-corrected chi connectivity index (χ0v) is 9.80. The van der Waals surface area contributed by atoms with Crippen LogP contribution in [0.3, 0.4) is 0 Å². The summed E-state index contributed by atoms with van der Waals surface area (Å²) in [6, 6.07) is 0. The quantitative estimate of drug-likeness (QED) is 0.711. The molecule has 0 saturated heterocycles. The van der Waals surface area contributed by atoms with Crippen molar-refractivity contribution in [1.82, 2.24) is 0 Å². The van der Waals surface area contributed by atoms with Gasteiger partial charge in [0.25, 0.3) is 0 Å². The van der Waals surface area contributed by atoms with Crippen molar-refractivity contribution in [3.05, 3.63) is 0 Å². The zero-order valence-electron chi connectivity index (χ0n) is 9.80. The van der Waals surface area contributed by atoms with Crippen molar-refractivity contribution in [3.8, 4) is 0 Å². The lowest BCUT2D eigenvalue weighted by Gasteiger charge is -2.45. The number of rotatable bonds is 2. The molecule has 0 heterocycles. The van der Waals surface area contributed by atoms with Crippen LogP contribution in [0.2, 0.25) is 0 Å². The second-order valence-electron chi connectivity index (χ2n) is 6.29. The van der Waals surface area contributed by atoms with Gasteiger partial charge < -0.3 is 9.84 Å². The molecule has 3 fully saturated rings. The van der Waals surface area contributed by atoms with Crippen LogP contribution in [0.15, 0.2) is 0 Å². The van der Waals surface area contributed by atoms with Gasteiger partial charge in [0.2, 0.25) is 0 Å². The van der Waals surface area contributed by atoms with E-state index in [1.54, 1.807) is 0 Å². The van der Waals surface area contributed by atoms with Crippen molar-refractivity contribution >= 4 is 5.97 Å². The van der Waals surface area contributed by atoms with Gasteiger partial charge in [-0.05, 0) is 51.9 Å². The van der Waals surface area contributed by atoms with Gasteiger partial charge in [0.15, 0.2) is 0 Å². The maximum Gasteiger partial charge on any atom is 0.312 e. The van der Waals surface area contributed by atoms with Crippen LogP contribution in [0.25, 0.3) is 0 Å². The predicted molar refractivity (Wildman–Crippen MR) is 56.3 cm³/mol. The number of aliphatic hydroxyl groups is 1. The van der Waals surface area contributed by atoms with Crippen LogP contribution < -0.4 is 0 Å². The molecule has 3 rings (SSSR count). The van der Waals surface area contributed by atoms with Gasteiger partial charge in [0, 0.05) is 6.61 Å². The highest BCUT2D eigenvalue weighted by molar-refractivity contribution is 5.79.